The molecule has 0 N–H and O–H groups in total. The number of allylic oxidation sites excluding steroid dienone is 7. The number of hydrogen-bond acceptors (Lipinski definition) is 2. The second kappa shape index (κ2) is 8.51. The Morgan fingerprint density at radius 1 is 1.17 bits per heavy atom. The molecule has 0 aromatic carbocycles. The van der Waals surface area contributed by atoms with Crippen LogP contribution in [0.25, 0.3) is 0 Å². The van der Waals surface area contributed by atoms with Gasteiger partial charge in [-0.05, 0) is 19.8 Å². The van der Waals surface area contributed by atoms with Crippen molar-refractivity contribution in [2.45, 2.75) is 33.1 Å². The number of carbonyl (C=O) groups excluding carboxylic acids is 1. The zero-order valence-corrected chi connectivity index (χ0v) is 11.3. The lowest BCUT2D eigenvalue weighted by molar-refractivity contribution is -0.137. The molecule has 0 radical (unpaired) electrons. The maximum atomic E-state index is 11.6. The van der Waals surface area contributed by atoms with E-state index in [9.17, 15) is 4.79 Å². The molecular formula is C16H22O2. The summed E-state index contributed by atoms with van der Waals surface area (Å²) in [6.45, 7) is 4.41. The van der Waals surface area contributed by atoms with Crippen LogP contribution in [0.5, 0.6) is 0 Å². The fourth-order valence-electron chi connectivity index (χ4n) is 1.86. The first-order valence-electron chi connectivity index (χ1n) is 6.66. The highest BCUT2D eigenvalue weighted by atomic mass is 16.5. The minimum absolute atomic E-state index is 0.205. The predicted molar refractivity (Wildman–Crippen MR) is 75.2 cm³/mol. The molecule has 0 aliphatic heterocycles. The Labute approximate surface area is 110 Å². The van der Waals surface area contributed by atoms with E-state index in [0.717, 1.165) is 24.8 Å². The molecule has 2 nitrogen and oxygen atoms in total. The summed E-state index contributed by atoms with van der Waals surface area (Å²) in [6, 6.07) is 0. The van der Waals surface area contributed by atoms with Crippen LogP contribution in [0.1, 0.15) is 33.1 Å². The molecule has 0 aromatic heterocycles. The molecule has 0 fully saturated rings. The van der Waals surface area contributed by atoms with Crippen molar-refractivity contribution in [1.82, 2.24) is 0 Å². The van der Waals surface area contributed by atoms with Gasteiger partial charge in [0.25, 0.3) is 0 Å². The van der Waals surface area contributed by atoms with Crippen LogP contribution in [-0.2, 0) is 9.53 Å². The molecule has 98 valence electrons. The van der Waals surface area contributed by atoms with Crippen LogP contribution in [0.3, 0.4) is 0 Å². The van der Waals surface area contributed by atoms with Crippen LogP contribution in [0, 0.1) is 5.92 Å². The lowest BCUT2D eigenvalue weighted by atomic mass is 9.93. The van der Waals surface area contributed by atoms with Crippen LogP contribution in [0.4, 0.5) is 0 Å². The maximum Gasteiger partial charge on any atom is 0.330 e. The zero-order valence-electron chi connectivity index (χ0n) is 11.3. The van der Waals surface area contributed by atoms with Crippen LogP contribution >= 0.6 is 0 Å². The van der Waals surface area contributed by atoms with Gasteiger partial charge in [-0.15, -0.1) is 0 Å². The number of esters is 1. The largest absolute Gasteiger partial charge is 0.463 e. The highest BCUT2D eigenvalue weighted by Gasteiger charge is 2.10. The molecule has 0 aromatic rings. The van der Waals surface area contributed by atoms with E-state index in [1.807, 2.05) is 31.2 Å². The highest BCUT2D eigenvalue weighted by molar-refractivity contribution is 5.83. The standard InChI is InChI=1S/C16H22O2/c1-3-5-10-15(13-16(17)18-4-2)14-11-8-6-7-9-12-14/h6-9,11-14H,3-5,10H2,1-2H3/b15-13-. The normalized spacial score (nSPS) is 15.8. The van der Waals surface area contributed by atoms with Gasteiger partial charge in [-0.3, -0.25) is 0 Å². The molecule has 0 heterocycles. The Morgan fingerprint density at radius 2 is 1.83 bits per heavy atom. The average Bonchev–Trinajstić information content (AvgIpc) is 2.63. The van der Waals surface area contributed by atoms with Gasteiger partial charge in [0.2, 0.25) is 0 Å². The lowest BCUT2D eigenvalue weighted by Crippen LogP contribution is -2.05. The van der Waals surface area contributed by atoms with Gasteiger partial charge >= 0.3 is 5.97 Å². The third kappa shape index (κ3) is 5.17. The van der Waals surface area contributed by atoms with Gasteiger partial charge in [-0.1, -0.05) is 55.4 Å². The SMILES string of the molecule is CCCC/C(=C/C(=O)OCC)C1C=CC=CC=C1. The van der Waals surface area contributed by atoms with Gasteiger partial charge in [0.15, 0.2) is 0 Å². The second-order valence-electron chi connectivity index (χ2n) is 4.26. The number of ether oxygens (including phenoxy) is 1. The summed E-state index contributed by atoms with van der Waals surface area (Å²) < 4.78 is 5.00. The molecule has 0 spiro atoms. The van der Waals surface area contributed by atoms with E-state index in [1.165, 1.54) is 0 Å². The number of hydrogen-bond donors (Lipinski definition) is 0. The summed E-state index contributed by atoms with van der Waals surface area (Å²) >= 11 is 0. The van der Waals surface area contributed by atoms with Gasteiger partial charge in [0.1, 0.15) is 0 Å². The van der Waals surface area contributed by atoms with Crippen molar-refractivity contribution < 1.29 is 9.53 Å². The topological polar surface area (TPSA) is 26.3 Å². The first-order chi connectivity index (χ1) is 8.77. The highest BCUT2D eigenvalue weighted by Crippen LogP contribution is 2.22. The molecule has 1 aliphatic rings. The van der Waals surface area contributed by atoms with E-state index in [0.29, 0.717) is 6.61 Å². The Morgan fingerprint density at radius 3 is 2.39 bits per heavy atom. The Balaban J connectivity index is 2.79. The van der Waals surface area contributed by atoms with E-state index in [4.69, 9.17) is 4.74 Å². The van der Waals surface area contributed by atoms with Crippen molar-refractivity contribution in [2.75, 3.05) is 6.61 Å². The van der Waals surface area contributed by atoms with Gasteiger partial charge in [0.05, 0.1) is 6.61 Å². The summed E-state index contributed by atoms with van der Waals surface area (Å²) in [5.74, 6) is -0.0291. The Bertz CT molecular complexity index is 357. The van der Waals surface area contributed by atoms with E-state index >= 15 is 0 Å². The second-order valence-corrected chi connectivity index (χ2v) is 4.26. The molecule has 1 rings (SSSR count). The van der Waals surface area contributed by atoms with E-state index in [-0.39, 0.29) is 11.9 Å². The van der Waals surface area contributed by atoms with E-state index < -0.39 is 0 Å². The van der Waals surface area contributed by atoms with Gasteiger partial charge < -0.3 is 4.74 Å². The van der Waals surface area contributed by atoms with Gasteiger partial charge in [0, 0.05) is 12.0 Å². The Hall–Kier alpha value is -1.57. The van der Waals surface area contributed by atoms with Crippen molar-refractivity contribution in [2.24, 2.45) is 5.92 Å². The number of rotatable bonds is 6. The molecule has 18 heavy (non-hydrogen) atoms. The summed E-state index contributed by atoms with van der Waals surface area (Å²) in [7, 11) is 0. The first kappa shape index (κ1) is 14.5. The number of carbonyl (C=O) groups is 1. The molecular weight excluding hydrogens is 224 g/mol. The van der Waals surface area contributed by atoms with E-state index in [2.05, 4.69) is 19.1 Å². The maximum absolute atomic E-state index is 11.6. The average molecular weight is 246 g/mol. The van der Waals surface area contributed by atoms with Crippen molar-refractivity contribution in [3.8, 4) is 0 Å². The summed E-state index contributed by atoms with van der Waals surface area (Å²) in [6.07, 6.45) is 17.1. The quantitative estimate of drug-likeness (QED) is 0.523. The third-order valence-electron chi connectivity index (χ3n) is 2.81. The molecule has 0 unspecified atom stereocenters. The van der Waals surface area contributed by atoms with Crippen molar-refractivity contribution in [3.05, 3.63) is 48.1 Å². The van der Waals surface area contributed by atoms with Crippen LogP contribution in [-0.4, -0.2) is 12.6 Å². The summed E-state index contributed by atoms with van der Waals surface area (Å²) in [4.78, 5) is 11.6. The third-order valence-corrected chi connectivity index (χ3v) is 2.81. The molecule has 0 bridgehead atoms. The molecule has 0 saturated heterocycles. The molecule has 2 heteroatoms. The minimum Gasteiger partial charge on any atom is -0.463 e. The lowest BCUT2D eigenvalue weighted by Gasteiger charge is -2.12. The molecule has 0 atom stereocenters. The monoisotopic (exact) mass is 246 g/mol. The number of unbranched alkanes of at least 4 members (excludes halogenated alkanes) is 1. The smallest absolute Gasteiger partial charge is 0.330 e. The fourth-order valence-corrected chi connectivity index (χ4v) is 1.86. The zero-order chi connectivity index (χ0) is 13.2. The van der Waals surface area contributed by atoms with Crippen LogP contribution in [0.15, 0.2) is 48.1 Å². The molecule has 1 aliphatic carbocycles. The van der Waals surface area contributed by atoms with Gasteiger partial charge in [-0.25, -0.2) is 4.79 Å². The summed E-state index contributed by atoms with van der Waals surface area (Å²) in [5.41, 5.74) is 1.13. The van der Waals surface area contributed by atoms with Crippen molar-refractivity contribution >= 4 is 5.97 Å². The van der Waals surface area contributed by atoms with Crippen molar-refractivity contribution in [1.29, 1.82) is 0 Å². The van der Waals surface area contributed by atoms with Crippen LogP contribution < -0.4 is 0 Å². The van der Waals surface area contributed by atoms with E-state index in [1.54, 1.807) is 6.08 Å². The predicted octanol–water partition coefficient (Wildman–Crippen LogP) is 3.96. The summed E-state index contributed by atoms with van der Waals surface area (Å²) in [5, 5.41) is 0. The molecule has 0 amide bonds. The Kier molecular flexibility index (Phi) is 6.85. The minimum atomic E-state index is -0.234. The van der Waals surface area contributed by atoms with Crippen LogP contribution in [0.2, 0.25) is 0 Å². The van der Waals surface area contributed by atoms with Crippen molar-refractivity contribution in [3.63, 3.8) is 0 Å². The molecule has 0 saturated carbocycles. The fraction of sp³-hybridized carbons (Fsp3) is 0.438. The first-order valence-corrected chi connectivity index (χ1v) is 6.66. The van der Waals surface area contributed by atoms with Gasteiger partial charge in [-0.2, -0.15) is 0 Å².